The highest BCUT2D eigenvalue weighted by molar-refractivity contribution is 6.30. The van der Waals surface area contributed by atoms with Gasteiger partial charge in [0.2, 0.25) is 0 Å². The summed E-state index contributed by atoms with van der Waals surface area (Å²) in [5, 5.41) is 8.84. The van der Waals surface area contributed by atoms with Crippen LogP contribution in [0.5, 0.6) is 0 Å². The second-order valence-electron chi connectivity index (χ2n) is 7.13. The molecule has 156 valence electrons. The smallest absolute Gasteiger partial charge is 0.276 e. The van der Waals surface area contributed by atoms with Crippen molar-refractivity contribution in [2.75, 3.05) is 20.6 Å². The third kappa shape index (κ3) is 4.52. The summed E-state index contributed by atoms with van der Waals surface area (Å²) < 4.78 is 1.61. The normalized spacial score (nSPS) is 10.7. The lowest BCUT2D eigenvalue weighted by Gasteiger charge is -2.20. The van der Waals surface area contributed by atoms with Gasteiger partial charge in [0.15, 0.2) is 5.69 Å². The van der Waals surface area contributed by atoms with Gasteiger partial charge in [-0.05, 0) is 49.7 Å². The summed E-state index contributed by atoms with van der Waals surface area (Å²) in [7, 11) is 3.43. The quantitative estimate of drug-likeness (QED) is 0.605. The van der Waals surface area contributed by atoms with Crippen LogP contribution in [0, 0.1) is 6.92 Å². The largest absolute Gasteiger partial charge is 0.345 e. The molecule has 2 amide bonds. The Morgan fingerprint density at radius 1 is 1.07 bits per heavy atom. The van der Waals surface area contributed by atoms with Crippen LogP contribution in [0.15, 0.2) is 48.5 Å². The van der Waals surface area contributed by atoms with E-state index in [4.69, 9.17) is 11.6 Å². The highest BCUT2D eigenvalue weighted by Gasteiger charge is 2.22. The zero-order chi connectivity index (χ0) is 21.8. The topological polar surface area (TPSA) is 71.3 Å². The Balaban J connectivity index is 1.79. The van der Waals surface area contributed by atoms with Gasteiger partial charge in [0.05, 0.1) is 11.4 Å². The van der Waals surface area contributed by atoms with Crippen LogP contribution in [0.25, 0.3) is 5.69 Å². The van der Waals surface area contributed by atoms with E-state index in [0.29, 0.717) is 35.1 Å². The number of carbonyl (C=O) groups is 2. The van der Waals surface area contributed by atoms with Gasteiger partial charge in [-0.3, -0.25) is 9.59 Å². The van der Waals surface area contributed by atoms with Gasteiger partial charge in [-0.1, -0.05) is 35.0 Å². The summed E-state index contributed by atoms with van der Waals surface area (Å²) in [4.78, 5) is 28.4. The van der Waals surface area contributed by atoms with Crippen molar-refractivity contribution in [2.24, 2.45) is 0 Å². The Bertz CT molecular complexity index is 1060. The monoisotopic (exact) mass is 425 g/mol. The van der Waals surface area contributed by atoms with Crippen LogP contribution in [0.1, 0.15) is 39.0 Å². The third-order valence-corrected chi connectivity index (χ3v) is 5.03. The van der Waals surface area contributed by atoms with E-state index in [1.807, 2.05) is 38.1 Å². The standard InChI is InChI=1S/C22H24ClN5O2/c1-5-27(14-16-9-11-17(12-10-16)21(29)26(3)4)22(30)20-15(2)28(25-24-20)19-8-6-7-18(23)13-19/h6-13H,5,14H2,1-4H3. The molecule has 0 fully saturated rings. The average molecular weight is 426 g/mol. The summed E-state index contributed by atoms with van der Waals surface area (Å²) in [5.74, 6) is -0.255. The maximum absolute atomic E-state index is 13.1. The van der Waals surface area contributed by atoms with E-state index in [1.54, 1.807) is 47.9 Å². The van der Waals surface area contributed by atoms with Gasteiger partial charge in [-0.2, -0.15) is 0 Å². The molecule has 30 heavy (non-hydrogen) atoms. The van der Waals surface area contributed by atoms with Crippen molar-refractivity contribution in [3.8, 4) is 5.69 Å². The molecule has 3 aromatic rings. The highest BCUT2D eigenvalue weighted by Crippen LogP contribution is 2.18. The summed E-state index contributed by atoms with van der Waals surface area (Å²) >= 11 is 6.07. The zero-order valence-electron chi connectivity index (χ0n) is 17.5. The first-order valence-electron chi connectivity index (χ1n) is 9.60. The summed E-state index contributed by atoms with van der Waals surface area (Å²) in [5.41, 5.74) is 3.23. The lowest BCUT2D eigenvalue weighted by atomic mass is 10.1. The van der Waals surface area contributed by atoms with E-state index in [2.05, 4.69) is 10.3 Å². The van der Waals surface area contributed by atoms with Crippen LogP contribution in [0.3, 0.4) is 0 Å². The first-order chi connectivity index (χ1) is 14.3. The Morgan fingerprint density at radius 2 is 1.77 bits per heavy atom. The number of hydrogen-bond donors (Lipinski definition) is 0. The van der Waals surface area contributed by atoms with Crippen molar-refractivity contribution in [2.45, 2.75) is 20.4 Å². The van der Waals surface area contributed by atoms with Crippen LogP contribution in [-0.4, -0.2) is 57.2 Å². The molecule has 0 bridgehead atoms. The first kappa shape index (κ1) is 21.5. The molecule has 0 unspecified atom stereocenters. The number of hydrogen-bond acceptors (Lipinski definition) is 4. The molecular formula is C22H24ClN5O2. The molecule has 2 aromatic carbocycles. The van der Waals surface area contributed by atoms with E-state index in [9.17, 15) is 9.59 Å². The molecule has 8 heteroatoms. The second kappa shape index (κ2) is 9.09. The molecular weight excluding hydrogens is 402 g/mol. The molecule has 0 radical (unpaired) electrons. The first-order valence-corrected chi connectivity index (χ1v) is 9.97. The maximum atomic E-state index is 13.1. The van der Waals surface area contributed by atoms with Gasteiger partial charge in [0, 0.05) is 37.8 Å². The highest BCUT2D eigenvalue weighted by atomic mass is 35.5. The van der Waals surface area contributed by atoms with Gasteiger partial charge < -0.3 is 9.80 Å². The van der Waals surface area contributed by atoms with Gasteiger partial charge in [-0.15, -0.1) is 5.10 Å². The Hall–Kier alpha value is -3.19. The lowest BCUT2D eigenvalue weighted by molar-refractivity contribution is 0.0744. The van der Waals surface area contributed by atoms with Crippen LogP contribution < -0.4 is 0 Å². The Kier molecular flexibility index (Phi) is 6.52. The predicted octanol–water partition coefficient (Wildman–Crippen LogP) is 3.59. The molecule has 0 aliphatic carbocycles. The number of nitrogens with zero attached hydrogens (tertiary/aromatic N) is 5. The number of benzene rings is 2. The second-order valence-corrected chi connectivity index (χ2v) is 7.57. The molecule has 1 heterocycles. The van der Waals surface area contributed by atoms with E-state index < -0.39 is 0 Å². The third-order valence-electron chi connectivity index (χ3n) is 4.80. The summed E-state index contributed by atoms with van der Waals surface area (Å²) in [6.07, 6.45) is 0. The molecule has 1 aromatic heterocycles. The van der Waals surface area contributed by atoms with Crippen molar-refractivity contribution in [3.63, 3.8) is 0 Å². The van der Waals surface area contributed by atoms with Crippen molar-refractivity contribution < 1.29 is 9.59 Å². The summed E-state index contributed by atoms with van der Waals surface area (Å²) in [6.45, 7) is 4.65. The molecule has 0 atom stereocenters. The number of amides is 2. The Morgan fingerprint density at radius 3 is 2.37 bits per heavy atom. The van der Waals surface area contributed by atoms with Crippen LogP contribution in [-0.2, 0) is 6.54 Å². The van der Waals surface area contributed by atoms with Crippen molar-refractivity contribution in [1.29, 1.82) is 0 Å². The van der Waals surface area contributed by atoms with E-state index in [0.717, 1.165) is 11.3 Å². The van der Waals surface area contributed by atoms with Gasteiger partial charge in [0.1, 0.15) is 0 Å². The molecule has 0 N–H and O–H groups in total. The van der Waals surface area contributed by atoms with E-state index >= 15 is 0 Å². The number of aromatic nitrogens is 3. The number of rotatable bonds is 6. The van der Waals surface area contributed by atoms with Gasteiger partial charge in [-0.25, -0.2) is 4.68 Å². The van der Waals surface area contributed by atoms with Crippen LogP contribution >= 0.6 is 11.6 Å². The minimum Gasteiger partial charge on any atom is -0.345 e. The molecule has 7 nitrogen and oxygen atoms in total. The van der Waals surface area contributed by atoms with E-state index in [-0.39, 0.29) is 11.8 Å². The van der Waals surface area contributed by atoms with Crippen LogP contribution in [0.4, 0.5) is 0 Å². The fourth-order valence-corrected chi connectivity index (χ4v) is 3.27. The number of carbonyl (C=O) groups excluding carboxylic acids is 2. The van der Waals surface area contributed by atoms with Gasteiger partial charge >= 0.3 is 0 Å². The fraction of sp³-hybridized carbons (Fsp3) is 0.273. The number of halogens is 1. The SMILES string of the molecule is CCN(Cc1ccc(C(=O)N(C)C)cc1)C(=O)c1nnn(-c2cccc(Cl)c2)c1C. The van der Waals surface area contributed by atoms with Crippen LogP contribution in [0.2, 0.25) is 5.02 Å². The molecule has 0 aliphatic heterocycles. The minimum absolute atomic E-state index is 0.0572. The lowest BCUT2D eigenvalue weighted by Crippen LogP contribution is -2.31. The van der Waals surface area contributed by atoms with E-state index in [1.165, 1.54) is 4.90 Å². The van der Waals surface area contributed by atoms with Crippen molar-refractivity contribution >= 4 is 23.4 Å². The molecule has 0 spiro atoms. The zero-order valence-corrected chi connectivity index (χ0v) is 18.2. The minimum atomic E-state index is -0.197. The summed E-state index contributed by atoms with van der Waals surface area (Å²) in [6, 6.07) is 14.5. The fourth-order valence-electron chi connectivity index (χ4n) is 3.09. The van der Waals surface area contributed by atoms with Crippen molar-refractivity contribution in [1.82, 2.24) is 24.8 Å². The molecule has 3 rings (SSSR count). The molecule has 0 aliphatic rings. The Labute approximate surface area is 180 Å². The molecule has 0 saturated carbocycles. The average Bonchev–Trinajstić information content (AvgIpc) is 3.12. The predicted molar refractivity (Wildman–Crippen MR) is 116 cm³/mol. The van der Waals surface area contributed by atoms with Gasteiger partial charge in [0.25, 0.3) is 11.8 Å². The van der Waals surface area contributed by atoms with Crippen molar-refractivity contribution in [3.05, 3.63) is 76.1 Å². The molecule has 0 saturated heterocycles. The maximum Gasteiger partial charge on any atom is 0.276 e.